The van der Waals surface area contributed by atoms with Crippen LogP contribution in [0, 0.1) is 0 Å². The van der Waals surface area contributed by atoms with Gasteiger partial charge in [0.2, 0.25) is 0 Å². The molecule has 0 saturated carbocycles. The predicted molar refractivity (Wildman–Crippen MR) is 41.7 cm³/mol. The van der Waals surface area contributed by atoms with Crippen molar-refractivity contribution in [1.82, 2.24) is 0 Å². The van der Waals surface area contributed by atoms with Crippen LogP contribution in [0.5, 0.6) is 0 Å². The van der Waals surface area contributed by atoms with Crippen LogP contribution in [0.1, 0.15) is 6.42 Å². The first-order valence-electron chi connectivity index (χ1n) is 2.71. The maximum atomic E-state index is 10.1. The summed E-state index contributed by atoms with van der Waals surface area (Å²) in [5, 5.41) is 0.964. The van der Waals surface area contributed by atoms with E-state index in [0.29, 0.717) is 22.1 Å². The van der Waals surface area contributed by atoms with Crippen LogP contribution >= 0.6 is 23.2 Å². The number of carbonyl (C=O) groups excluding carboxylic acids is 1. The van der Waals surface area contributed by atoms with E-state index in [1.807, 2.05) is 0 Å². The summed E-state index contributed by atoms with van der Waals surface area (Å²) in [5.74, 6) is 1.74. The first-order chi connectivity index (χ1) is 4.74. The van der Waals surface area contributed by atoms with Crippen LogP contribution < -0.4 is 0 Å². The molecule has 0 fully saturated rings. The molecule has 1 aliphatic rings. The molecule has 0 unspecified atom stereocenters. The highest BCUT2D eigenvalue weighted by Gasteiger charge is 2.07. The van der Waals surface area contributed by atoms with Gasteiger partial charge >= 0.3 is 0 Å². The number of halogens is 2. The van der Waals surface area contributed by atoms with Crippen LogP contribution in [-0.4, -0.2) is 5.94 Å². The number of hydrogen-bond donors (Lipinski definition) is 0. The Morgan fingerprint density at radius 1 is 1.50 bits per heavy atom. The standard InChI is InChI=1S/C7H4Cl2O/c8-6-2-1-5(4-10)7(9)3-6/h2-3H,1H2. The zero-order chi connectivity index (χ0) is 7.56. The van der Waals surface area contributed by atoms with Gasteiger partial charge in [0.25, 0.3) is 0 Å². The summed E-state index contributed by atoms with van der Waals surface area (Å²) in [6.07, 6.45) is 3.73. The van der Waals surface area contributed by atoms with E-state index < -0.39 is 0 Å². The number of rotatable bonds is 0. The highest BCUT2D eigenvalue weighted by molar-refractivity contribution is 6.36. The molecule has 0 aromatic heterocycles. The van der Waals surface area contributed by atoms with Crippen LogP contribution in [0.25, 0.3) is 0 Å². The van der Waals surface area contributed by atoms with Crippen LogP contribution in [0.15, 0.2) is 27.8 Å². The molecule has 1 rings (SSSR count). The third kappa shape index (κ3) is 1.51. The Bertz CT molecular complexity index is 257. The van der Waals surface area contributed by atoms with Crippen molar-refractivity contribution in [3.8, 4) is 0 Å². The Balaban J connectivity index is 2.99. The highest BCUT2D eigenvalue weighted by Crippen LogP contribution is 2.25. The molecular weight excluding hydrogens is 171 g/mol. The SMILES string of the molecule is O=C=C1CC=C(Cl)C=C1Cl. The molecule has 3 heteroatoms. The molecule has 0 saturated heterocycles. The third-order valence-electron chi connectivity index (χ3n) is 1.18. The molecular formula is C7H4Cl2O. The molecule has 0 aromatic carbocycles. The fourth-order valence-electron chi connectivity index (χ4n) is 0.655. The monoisotopic (exact) mass is 174 g/mol. The number of hydrogen-bond acceptors (Lipinski definition) is 1. The summed E-state index contributed by atoms with van der Waals surface area (Å²) in [6, 6.07) is 0. The lowest BCUT2D eigenvalue weighted by Gasteiger charge is -2.03. The van der Waals surface area contributed by atoms with Crippen molar-refractivity contribution < 1.29 is 4.79 Å². The van der Waals surface area contributed by atoms with E-state index in [2.05, 4.69) is 0 Å². The van der Waals surface area contributed by atoms with E-state index >= 15 is 0 Å². The molecule has 1 nitrogen and oxygen atoms in total. The molecule has 0 spiro atoms. The van der Waals surface area contributed by atoms with Gasteiger partial charge in [0.15, 0.2) is 0 Å². The Morgan fingerprint density at radius 3 is 2.70 bits per heavy atom. The minimum Gasteiger partial charge on any atom is -0.233 e. The number of allylic oxidation sites excluding steroid dienone is 5. The van der Waals surface area contributed by atoms with Crippen LogP contribution in [0.4, 0.5) is 0 Å². The van der Waals surface area contributed by atoms with Crippen molar-refractivity contribution in [2.24, 2.45) is 0 Å². The van der Waals surface area contributed by atoms with Crippen molar-refractivity contribution in [3.63, 3.8) is 0 Å². The van der Waals surface area contributed by atoms with E-state index in [1.54, 1.807) is 12.0 Å². The van der Waals surface area contributed by atoms with Gasteiger partial charge in [-0.3, -0.25) is 0 Å². The largest absolute Gasteiger partial charge is 0.233 e. The van der Waals surface area contributed by atoms with E-state index in [-0.39, 0.29) is 0 Å². The summed E-state index contributed by atoms with van der Waals surface area (Å²) >= 11 is 11.2. The van der Waals surface area contributed by atoms with Crippen LogP contribution in [-0.2, 0) is 4.79 Å². The average molecular weight is 175 g/mol. The molecule has 52 valence electrons. The fraction of sp³-hybridized carbons (Fsp3) is 0.143. The van der Waals surface area contributed by atoms with Gasteiger partial charge in [-0.1, -0.05) is 29.3 Å². The second-order valence-corrected chi connectivity index (χ2v) is 2.71. The van der Waals surface area contributed by atoms with Gasteiger partial charge < -0.3 is 0 Å². The van der Waals surface area contributed by atoms with Crippen molar-refractivity contribution in [3.05, 3.63) is 27.8 Å². The minimum absolute atomic E-state index is 0.391. The molecule has 0 N–H and O–H groups in total. The van der Waals surface area contributed by atoms with Crippen molar-refractivity contribution in [1.29, 1.82) is 0 Å². The molecule has 1 aliphatic carbocycles. The molecule has 0 aliphatic heterocycles. The van der Waals surface area contributed by atoms with E-state index in [1.165, 1.54) is 6.08 Å². The van der Waals surface area contributed by atoms with Crippen molar-refractivity contribution in [2.45, 2.75) is 6.42 Å². The van der Waals surface area contributed by atoms with Gasteiger partial charge in [-0.25, -0.2) is 4.79 Å². The highest BCUT2D eigenvalue weighted by atomic mass is 35.5. The summed E-state index contributed by atoms with van der Waals surface area (Å²) in [4.78, 5) is 10.1. The second kappa shape index (κ2) is 3.07. The zero-order valence-electron chi connectivity index (χ0n) is 5.03. The van der Waals surface area contributed by atoms with Crippen LogP contribution in [0.2, 0.25) is 0 Å². The predicted octanol–water partition coefficient (Wildman–Crippen LogP) is 2.39. The van der Waals surface area contributed by atoms with Gasteiger partial charge in [-0.15, -0.1) is 0 Å². The van der Waals surface area contributed by atoms with Crippen molar-refractivity contribution in [2.75, 3.05) is 0 Å². The van der Waals surface area contributed by atoms with Crippen LogP contribution in [0.3, 0.4) is 0 Å². The zero-order valence-corrected chi connectivity index (χ0v) is 6.54. The topological polar surface area (TPSA) is 17.1 Å². The van der Waals surface area contributed by atoms with E-state index in [9.17, 15) is 4.79 Å². The molecule has 0 atom stereocenters. The smallest absolute Gasteiger partial charge is 0.129 e. The molecule has 0 bridgehead atoms. The average Bonchev–Trinajstić information content (AvgIpc) is 1.88. The van der Waals surface area contributed by atoms with Gasteiger partial charge in [0.05, 0.1) is 10.6 Å². The summed E-state index contributed by atoms with van der Waals surface area (Å²) < 4.78 is 0. The molecule has 0 radical (unpaired) electrons. The molecule has 10 heavy (non-hydrogen) atoms. The minimum atomic E-state index is 0.391. The quantitative estimate of drug-likeness (QED) is 0.516. The first-order valence-corrected chi connectivity index (χ1v) is 3.47. The molecule has 0 amide bonds. The molecule has 0 heterocycles. The van der Waals surface area contributed by atoms with Crippen molar-refractivity contribution >= 4 is 29.1 Å². The first kappa shape index (κ1) is 7.62. The van der Waals surface area contributed by atoms with Gasteiger partial charge in [-0.2, -0.15) is 0 Å². The Hall–Kier alpha value is -0.490. The fourth-order valence-corrected chi connectivity index (χ4v) is 1.13. The summed E-state index contributed by atoms with van der Waals surface area (Å²) in [5.41, 5.74) is 0.464. The Labute approximate surface area is 68.6 Å². The molecule has 0 aromatic rings. The lowest BCUT2D eigenvalue weighted by Crippen LogP contribution is -1.88. The van der Waals surface area contributed by atoms with Gasteiger partial charge in [0.1, 0.15) is 5.94 Å². The van der Waals surface area contributed by atoms with E-state index in [0.717, 1.165) is 0 Å². The lowest BCUT2D eigenvalue weighted by molar-refractivity contribution is 0.567. The Morgan fingerprint density at radius 2 is 2.20 bits per heavy atom. The second-order valence-electron chi connectivity index (χ2n) is 1.87. The maximum absolute atomic E-state index is 10.1. The summed E-state index contributed by atoms with van der Waals surface area (Å²) in [7, 11) is 0. The lowest BCUT2D eigenvalue weighted by atomic mass is 10.1. The Kier molecular flexibility index (Phi) is 2.34. The third-order valence-corrected chi connectivity index (χ3v) is 1.78. The normalized spacial score (nSPS) is 17.6. The summed E-state index contributed by atoms with van der Waals surface area (Å²) in [6.45, 7) is 0. The van der Waals surface area contributed by atoms with Gasteiger partial charge in [0, 0.05) is 11.5 Å². The van der Waals surface area contributed by atoms with Gasteiger partial charge in [-0.05, 0) is 6.08 Å². The maximum Gasteiger partial charge on any atom is 0.129 e. The van der Waals surface area contributed by atoms with E-state index in [4.69, 9.17) is 23.2 Å².